The SMILES string of the molecule is CC(C)[N+]1(C)CC[N+](C)(CCc2ccc[n+](C)c2)CC1. The smallest absolute Gasteiger partial charge is 0.171 e. The van der Waals surface area contributed by atoms with Gasteiger partial charge in [0.15, 0.2) is 12.4 Å². The highest BCUT2D eigenvalue weighted by molar-refractivity contribution is 5.05. The molecule has 0 N–H and O–H groups in total. The molecule has 1 aromatic rings. The van der Waals surface area contributed by atoms with Crippen molar-refractivity contribution in [3.8, 4) is 0 Å². The zero-order valence-corrected chi connectivity index (χ0v) is 14.0. The second-order valence-corrected chi connectivity index (χ2v) is 7.44. The van der Waals surface area contributed by atoms with E-state index in [2.05, 4.69) is 64.1 Å². The molecule has 1 saturated heterocycles. The van der Waals surface area contributed by atoms with Gasteiger partial charge in [-0.2, -0.15) is 0 Å². The number of hydrogen-bond donors (Lipinski definition) is 0. The summed E-state index contributed by atoms with van der Waals surface area (Å²) >= 11 is 0. The Kier molecular flexibility index (Phi) is 4.50. The van der Waals surface area contributed by atoms with Crippen LogP contribution in [0, 0.1) is 0 Å². The predicted molar refractivity (Wildman–Crippen MR) is 83.2 cm³/mol. The molecule has 3 heteroatoms. The molecule has 0 atom stereocenters. The van der Waals surface area contributed by atoms with Gasteiger partial charge >= 0.3 is 0 Å². The molecule has 2 rings (SSSR count). The molecular formula is C17H32N3+3. The number of rotatable bonds is 4. The van der Waals surface area contributed by atoms with Crippen molar-refractivity contribution >= 4 is 0 Å². The second-order valence-electron chi connectivity index (χ2n) is 7.44. The van der Waals surface area contributed by atoms with Gasteiger partial charge in [-0.3, -0.25) is 0 Å². The number of nitrogens with zero attached hydrogens (tertiary/aromatic N) is 3. The Labute approximate surface area is 124 Å². The Balaban J connectivity index is 1.91. The summed E-state index contributed by atoms with van der Waals surface area (Å²) in [7, 11) is 6.96. The topological polar surface area (TPSA) is 3.88 Å². The first-order chi connectivity index (χ1) is 9.33. The van der Waals surface area contributed by atoms with E-state index in [1.54, 1.807) is 0 Å². The first kappa shape index (κ1) is 15.5. The maximum absolute atomic E-state index is 2.44. The third kappa shape index (κ3) is 3.58. The molecule has 0 aromatic carbocycles. The maximum atomic E-state index is 2.44. The molecular weight excluding hydrogens is 246 g/mol. The van der Waals surface area contributed by atoms with Crippen LogP contribution in [0.4, 0.5) is 0 Å². The second kappa shape index (κ2) is 5.82. The highest BCUT2D eigenvalue weighted by Crippen LogP contribution is 2.19. The summed E-state index contributed by atoms with van der Waals surface area (Å²) in [4.78, 5) is 0. The highest BCUT2D eigenvalue weighted by atomic mass is 15.5. The molecule has 3 nitrogen and oxygen atoms in total. The quantitative estimate of drug-likeness (QED) is 0.578. The van der Waals surface area contributed by atoms with E-state index >= 15 is 0 Å². The average molecular weight is 278 g/mol. The summed E-state index contributed by atoms with van der Waals surface area (Å²) in [6.07, 6.45) is 5.55. The lowest BCUT2D eigenvalue weighted by atomic mass is 10.1. The maximum Gasteiger partial charge on any atom is 0.171 e. The van der Waals surface area contributed by atoms with Crippen molar-refractivity contribution in [3.05, 3.63) is 30.1 Å². The van der Waals surface area contributed by atoms with E-state index in [-0.39, 0.29) is 0 Å². The third-order valence-electron chi connectivity index (χ3n) is 5.49. The fraction of sp³-hybridized carbons (Fsp3) is 0.706. The van der Waals surface area contributed by atoms with Crippen molar-refractivity contribution in [1.29, 1.82) is 0 Å². The molecule has 0 unspecified atom stereocenters. The molecule has 0 aliphatic carbocycles. The van der Waals surface area contributed by atoms with Gasteiger partial charge in [0.25, 0.3) is 0 Å². The van der Waals surface area contributed by atoms with E-state index in [9.17, 15) is 0 Å². The van der Waals surface area contributed by atoms with Gasteiger partial charge in [-0.1, -0.05) is 0 Å². The standard InChI is InChI=1S/C17H32N3/c1-16(2)20(5)13-11-19(4,12-14-20)10-8-17-7-6-9-18(3)15-17/h6-7,9,15-16H,8,10-14H2,1-5H3/q+3. The van der Waals surface area contributed by atoms with Gasteiger partial charge in [-0.15, -0.1) is 0 Å². The molecule has 0 amide bonds. The van der Waals surface area contributed by atoms with Crippen molar-refractivity contribution < 1.29 is 13.5 Å². The number of piperazine rings is 1. The molecule has 0 radical (unpaired) electrons. The molecule has 112 valence electrons. The summed E-state index contributed by atoms with van der Waals surface area (Å²) in [5.74, 6) is 0. The minimum Gasteiger partial charge on any atom is -0.316 e. The van der Waals surface area contributed by atoms with Crippen molar-refractivity contribution in [2.45, 2.75) is 26.3 Å². The van der Waals surface area contributed by atoms with E-state index in [0.717, 1.165) is 6.04 Å². The Bertz CT molecular complexity index is 445. The minimum absolute atomic E-state index is 0.747. The van der Waals surface area contributed by atoms with Gasteiger partial charge < -0.3 is 8.97 Å². The van der Waals surface area contributed by atoms with Crippen LogP contribution in [0.15, 0.2) is 24.5 Å². The van der Waals surface area contributed by atoms with Crippen LogP contribution in [0.2, 0.25) is 0 Å². The van der Waals surface area contributed by atoms with Crippen LogP contribution in [0.25, 0.3) is 0 Å². The number of hydrogen-bond acceptors (Lipinski definition) is 0. The van der Waals surface area contributed by atoms with Crippen LogP contribution in [0.5, 0.6) is 0 Å². The van der Waals surface area contributed by atoms with Crippen LogP contribution in [-0.2, 0) is 13.5 Å². The Morgan fingerprint density at radius 1 is 1.15 bits per heavy atom. The lowest BCUT2D eigenvalue weighted by Gasteiger charge is -2.48. The van der Waals surface area contributed by atoms with Gasteiger partial charge in [0.05, 0.1) is 26.7 Å². The van der Waals surface area contributed by atoms with Crippen LogP contribution in [0.3, 0.4) is 0 Å². The summed E-state index contributed by atoms with van der Waals surface area (Å²) in [6, 6.07) is 5.15. The molecule has 1 aliphatic rings. The third-order valence-corrected chi connectivity index (χ3v) is 5.49. The van der Waals surface area contributed by atoms with Gasteiger partial charge in [0.1, 0.15) is 33.2 Å². The van der Waals surface area contributed by atoms with E-state index < -0.39 is 0 Å². The number of pyridine rings is 1. The molecule has 0 bridgehead atoms. The lowest BCUT2D eigenvalue weighted by Crippen LogP contribution is -2.66. The van der Waals surface area contributed by atoms with Crippen LogP contribution in [0.1, 0.15) is 19.4 Å². The summed E-state index contributed by atoms with van der Waals surface area (Å²) in [5, 5.41) is 0. The average Bonchev–Trinajstić information content (AvgIpc) is 2.41. The van der Waals surface area contributed by atoms with Crippen LogP contribution < -0.4 is 4.57 Å². The molecule has 0 saturated carbocycles. The van der Waals surface area contributed by atoms with Gasteiger partial charge in [0.2, 0.25) is 0 Å². The van der Waals surface area contributed by atoms with Crippen LogP contribution >= 0.6 is 0 Å². The van der Waals surface area contributed by atoms with Crippen LogP contribution in [-0.4, -0.2) is 61.8 Å². The van der Waals surface area contributed by atoms with Crippen molar-refractivity contribution in [1.82, 2.24) is 0 Å². The molecule has 0 spiro atoms. The van der Waals surface area contributed by atoms with E-state index in [1.807, 2.05) is 0 Å². The van der Waals surface area contributed by atoms with Crippen molar-refractivity contribution in [2.75, 3.05) is 46.8 Å². The van der Waals surface area contributed by atoms with Crippen molar-refractivity contribution in [2.24, 2.45) is 7.05 Å². The zero-order chi connectivity index (χ0) is 14.8. The molecule has 1 fully saturated rings. The Morgan fingerprint density at radius 2 is 1.80 bits per heavy atom. The normalized spacial score (nSPS) is 30.7. The molecule has 1 aliphatic heterocycles. The van der Waals surface area contributed by atoms with E-state index in [4.69, 9.17) is 0 Å². The first-order valence-electron chi connectivity index (χ1n) is 7.95. The minimum atomic E-state index is 0.747. The number of likely N-dealkylation sites (N-methyl/N-ethyl adjacent to an activating group) is 2. The number of quaternary nitrogens is 2. The highest BCUT2D eigenvalue weighted by Gasteiger charge is 2.38. The fourth-order valence-corrected chi connectivity index (χ4v) is 3.10. The number of aryl methyl sites for hydroxylation is 1. The van der Waals surface area contributed by atoms with Gasteiger partial charge in [0, 0.05) is 18.1 Å². The van der Waals surface area contributed by atoms with E-state index in [1.165, 1.54) is 53.7 Å². The first-order valence-corrected chi connectivity index (χ1v) is 7.95. The molecule has 2 heterocycles. The van der Waals surface area contributed by atoms with Gasteiger partial charge in [-0.25, -0.2) is 4.57 Å². The summed E-state index contributed by atoms with van der Waals surface area (Å²) in [6.45, 7) is 11.2. The Hall–Kier alpha value is -0.930. The number of aromatic nitrogens is 1. The lowest BCUT2D eigenvalue weighted by molar-refractivity contribution is -1.02. The Morgan fingerprint density at radius 3 is 2.35 bits per heavy atom. The zero-order valence-electron chi connectivity index (χ0n) is 14.0. The molecule has 20 heavy (non-hydrogen) atoms. The van der Waals surface area contributed by atoms with Crippen molar-refractivity contribution in [3.63, 3.8) is 0 Å². The molecule has 1 aromatic heterocycles. The summed E-state index contributed by atoms with van der Waals surface area (Å²) < 4.78 is 4.63. The predicted octanol–water partition coefficient (Wildman–Crippen LogP) is 1.37. The van der Waals surface area contributed by atoms with E-state index in [0.29, 0.717) is 0 Å². The summed E-state index contributed by atoms with van der Waals surface area (Å²) in [5.41, 5.74) is 1.46. The van der Waals surface area contributed by atoms with Gasteiger partial charge in [-0.05, 0) is 19.9 Å². The monoisotopic (exact) mass is 278 g/mol. The largest absolute Gasteiger partial charge is 0.316 e. The fourth-order valence-electron chi connectivity index (χ4n) is 3.10.